The SMILES string of the molecule is C#CC1NC=C(C)C1/C=C(/C)CC. The Hall–Kier alpha value is -1.16. The van der Waals surface area contributed by atoms with Crippen LogP contribution in [0.15, 0.2) is 23.4 Å². The third-order valence-corrected chi connectivity index (χ3v) is 2.58. The second kappa shape index (κ2) is 4.18. The van der Waals surface area contributed by atoms with E-state index in [2.05, 4.69) is 38.1 Å². The van der Waals surface area contributed by atoms with Gasteiger partial charge in [0.05, 0.1) is 6.04 Å². The minimum absolute atomic E-state index is 0.154. The van der Waals surface area contributed by atoms with Crippen LogP contribution in [0.4, 0.5) is 0 Å². The third-order valence-electron chi connectivity index (χ3n) is 2.58. The van der Waals surface area contributed by atoms with Crippen LogP contribution in [0.1, 0.15) is 27.2 Å². The molecule has 0 aliphatic carbocycles. The van der Waals surface area contributed by atoms with E-state index in [1.54, 1.807) is 0 Å². The van der Waals surface area contributed by atoms with E-state index in [0.717, 1.165) is 6.42 Å². The quantitative estimate of drug-likeness (QED) is 0.502. The van der Waals surface area contributed by atoms with Crippen molar-refractivity contribution in [3.8, 4) is 12.3 Å². The molecule has 0 bridgehead atoms. The minimum Gasteiger partial charge on any atom is -0.377 e. The van der Waals surface area contributed by atoms with Gasteiger partial charge in [0.1, 0.15) is 0 Å². The summed E-state index contributed by atoms with van der Waals surface area (Å²) >= 11 is 0. The lowest BCUT2D eigenvalue weighted by atomic mass is 9.94. The summed E-state index contributed by atoms with van der Waals surface area (Å²) in [6.07, 6.45) is 10.8. The van der Waals surface area contributed by atoms with Crippen molar-refractivity contribution >= 4 is 0 Å². The van der Waals surface area contributed by atoms with Crippen molar-refractivity contribution in [3.63, 3.8) is 0 Å². The molecule has 2 unspecified atom stereocenters. The zero-order valence-electron chi connectivity index (χ0n) is 8.59. The average Bonchev–Trinajstić information content (AvgIpc) is 2.48. The minimum atomic E-state index is 0.154. The Bertz CT molecular complexity index is 278. The smallest absolute Gasteiger partial charge is 0.0971 e. The van der Waals surface area contributed by atoms with Crippen LogP contribution in [0.5, 0.6) is 0 Å². The number of allylic oxidation sites excluding steroid dienone is 1. The third kappa shape index (κ3) is 2.15. The molecular formula is C12H17N. The number of terminal acetylenes is 1. The normalized spacial score (nSPS) is 27.8. The van der Waals surface area contributed by atoms with Crippen LogP contribution >= 0.6 is 0 Å². The fourth-order valence-electron chi connectivity index (χ4n) is 1.49. The first-order valence-electron chi connectivity index (χ1n) is 4.75. The molecule has 0 amide bonds. The summed E-state index contributed by atoms with van der Waals surface area (Å²) < 4.78 is 0. The van der Waals surface area contributed by atoms with Crippen LogP contribution in [0.2, 0.25) is 0 Å². The summed E-state index contributed by atoms with van der Waals surface area (Å²) in [5.41, 5.74) is 2.73. The van der Waals surface area contributed by atoms with Gasteiger partial charge in [-0.05, 0) is 32.0 Å². The Balaban J connectivity index is 2.78. The monoisotopic (exact) mass is 175 g/mol. The van der Waals surface area contributed by atoms with Crippen molar-refractivity contribution in [1.82, 2.24) is 5.32 Å². The number of hydrogen-bond acceptors (Lipinski definition) is 1. The molecule has 1 rings (SSSR count). The van der Waals surface area contributed by atoms with Crippen molar-refractivity contribution < 1.29 is 0 Å². The first-order valence-corrected chi connectivity index (χ1v) is 4.75. The van der Waals surface area contributed by atoms with Gasteiger partial charge in [0, 0.05) is 5.92 Å². The Morgan fingerprint density at radius 2 is 2.46 bits per heavy atom. The topological polar surface area (TPSA) is 12.0 Å². The molecule has 0 aromatic carbocycles. The van der Waals surface area contributed by atoms with Gasteiger partial charge < -0.3 is 5.32 Å². The lowest BCUT2D eigenvalue weighted by molar-refractivity contribution is 0.652. The van der Waals surface area contributed by atoms with Gasteiger partial charge in [0.25, 0.3) is 0 Å². The van der Waals surface area contributed by atoms with Gasteiger partial charge in [-0.15, -0.1) is 6.42 Å². The lowest BCUT2D eigenvalue weighted by Crippen LogP contribution is -2.24. The van der Waals surface area contributed by atoms with Crippen LogP contribution in [-0.4, -0.2) is 6.04 Å². The summed E-state index contributed by atoms with van der Waals surface area (Å²) in [5.74, 6) is 3.16. The van der Waals surface area contributed by atoms with Crippen molar-refractivity contribution in [2.75, 3.05) is 0 Å². The average molecular weight is 175 g/mol. The van der Waals surface area contributed by atoms with Gasteiger partial charge in [-0.25, -0.2) is 0 Å². The highest BCUT2D eigenvalue weighted by Gasteiger charge is 2.22. The Morgan fingerprint density at radius 3 is 3.00 bits per heavy atom. The first-order chi connectivity index (χ1) is 6.19. The molecule has 0 saturated heterocycles. The van der Waals surface area contributed by atoms with Crippen LogP contribution in [0.25, 0.3) is 0 Å². The zero-order chi connectivity index (χ0) is 9.84. The predicted molar refractivity (Wildman–Crippen MR) is 57.1 cm³/mol. The van der Waals surface area contributed by atoms with E-state index < -0.39 is 0 Å². The van der Waals surface area contributed by atoms with Gasteiger partial charge in [-0.1, -0.05) is 24.5 Å². The Morgan fingerprint density at radius 1 is 1.77 bits per heavy atom. The molecule has 0 aromatic heterocycles. The fourth-order valence-corrected chi connectivity index (χ4v) is 1.49. The molecule has 1 aliphatic rings. The lowest BCUT2D eigenvalue weighted by Gasteiger charge is -2.13. The molecular weight excluding hydrogens is 158 g/mol. The van der Waals surface area contributed by atoms with E-state index in [-0.39, 0.29) is 6.04 Å². The van der Waals surface area contributed by atoms with Crippen molar-refractivity contribution in [3.05, 3.63) is 23.4 Å². The van der Waals surface area contributed by atoms with Crippen LogP contribution in [-0.2, 0) is 0 Å². The predicted octanol–water partition coefficient (Wildman–Crippen LogP) is 2.47. The highest BCUT2D eigenvalue weighted by atomic mass is 14.9. The van der Waals surface area contributed by atoms with Gasteiger partial charge in [0.2, 0.25) is 0 Å². The summed E-state index contributed by atoms with van der Waals surface area (Å²) in [6.45, 7) is 6.44. The van der Waals surface area contributed by atoms with Crippen LogP contribution in [0, 0.1) is 18.3 Å². The molecule has 70 valence electrons. The molecule has 1 aliphatic heterocycles. The van der Waals surface area contributed by atoms with E-state index in [9.17, 15) is 0 Å². The van der Waals surface area contributed by atoms with E-state index in [4.69, 9.17) is 6.42 Å². The van der Waals surface area contributed by atoms with Gasteiger partial charge in [-0.2, -0.15) is 0 Å². The largest absolute Gasteiger partial charge is 0.377 e. The molecule has 1 N–H and O–H groups in total. The molecule has 2 atom stereocenters. The maximum Gasteiger partial charge on any atom is 0.0971 e. The van der Waals surface area contributed by atoms with E-state index in [1.807, 2.05) is 6.20 Å². The summed E-state index contributed by atoms with van der Waals surface area (Å²) in [5, 5.41) is 3.19. The Kier molecular flexibility index (Phi) is 3.19. The molecule has 1 nitrogen and oxygen atoms in total. The molecule has 0 saturated carbocycles. The molecule has 0 aromatic rings. The highest BCUT2D eigenvalue weighted by Crippen LogP contribution is 2.23. The molecule has 1 heterocycles. The van der Waals surface area contributed by atoms with Gasteiger partial charge >= 0.3 is 0 Å². The number of hydrogen-bond donors (Lipinski definition) is 1. The maximum atomic E-state index is 5.43. The van der Waals surface area contributed by atoms with Crippen LogP contribution in [0.3, 0.4) is 0 Å². The van der Waals surface area contributed by atoms with E-state index in [0.29, 0.717) is 5.92 Å². The number of nitrogens with one attached hydrogen (secondary N) is 1. The Labute approximate surface area is 80.9 Å². The molecule has 0 radical (unpaired) electrons. The number of rotatable bonds is 2. The second-order valence-corrected chi connectivity index (χ2v) is 3.59. The first kappa shape index (κ1) is 9.92. The zero-order valence-corrected chi connectivity index (χ0v) is 8.59. The molecule has 1 heteroatoms. The summed E-state index contributed by atoms with van der Waals surface area (Å²) in [7, 11) is 0. The second-order valence-electron chi connectivity index (χ2n) is 3.59. The maximum absolute atomic E-state index is 5.43. The van der Waals surface area contributed by atoms with Crippen molar-refractivity contribution in [2.45, 2.75) is 33.2 Å². The molecule has 0 spiro atoms. The standard InChI is InChI=1S/C12H17N/c1-5-9(3)7-11-10(4)8-13-12(11)6-2/h2,7-8,11-13H,5H2,1,3-4H3/b9-7-. The molecule has 0 fully saturated rings. The fraction of sp³-hybridized carbons (Fsp3) is 0.500. The van der Waals surface area contributed by atoms with Crippen molar-refractivity contribution in [1.29, 1.82) is 0 Å². The van der Waals surface area contributed by atoms with E-state index in [1.165, 1.54) is 11.1 Å². The van der Waals surface area contributed by atoms with Gasteiger partial charge in [0.15, 0.2) is 0 Å². The molecule has 13 heavy (non-hydrogen) atoms. The van der Waals surface area contributed by atoms with Crippen LogP contribution < -0.4 is 5.32 Å². The van der Waals surface area contributed by atoms with Crippen molar-refractivity contribution in [2.24, 2.45) is 5.92 Å². The summed E-state index contributed by atoms with van der Waals surface area (Å²) in [4.78, 5) is 0. The summed E-state index contributed by atoms with van der Waals surface area (Å²) in [6, 6.07) is 0.154. The van der Waals surface area contributed by atoms with E-state index >= 15 is 0 Å². The van der Waals surface area contributed by atoms with Gasteiger partial charge in [-0.3, -0.25) is 0 Å². The highest BCUT2D eigenvalue weighted by molar-refractivity contribution is 5.27.